The number of amides is 1. The molecule has 3 heteroatoms. The van der Waals surface area contributed by atoms with Crippen LogP contribution in [0.25, 0.3) is 0 Å². The molecule has 0 aliphatic carbocycles. The first-order chi connectivity index (χ1) is 4.76. The highest BCUT2D eigenvalue weighted by molar-refractivity contribution is 5.80. The summed E-state index contributed by atoms with van der Waals surface area (Å²) in [6, 6.07) is 0. The number of hydrogen-bond acceptors (Lipinski definition) is 2. The Kier molecular flexibility index (Phi) is 4.94. The fraction of sp³-hybridized carbons (Fsp3) is 0.857. The van der Waals surface area contributed by atoms with Crippen LogP contribution >= 0.6 is 0 Å². The van der Waals surface area contributed by atoms with E-state index in [0.29, 0.717) is 6.61 Å². The molecule has 1 N–H and O–H groups in total. The van der Waals surface area contributed by atoms with Crippen molar-refractivity contribution in [1.29, 1.82) is 0 Å². The summed E-state index contributed by atoms with van der Waals surface area (Å²) in [4.78, 5) is 10.9. The first-order valence-corrected chi connectivity index (χ1v) is 3.59. The third-order valence-electron chi connectivity index (χ3n) is 1.28. The number of carbonyl (C=O) groups is 1. The average molecular weight is 145 g/mol. The van der Waals surface area contributed by atoms with E-state index >= 15 is 0 Å². The second kappa shape index (κ2) is 5.23. The first kappa shape index (κ1) is 9.43. The molecule has 0 heterocycles. The van der Waals surface area contributed by atoms with Crippen LogP contribution < -0.4 is 5.32 Å². The molecule has 10 heavy (non-hydrogen) atoms. The maximum absolute atomic E-state index is 10.9. The van der Waals surface area contributed by atoms with E-state index in [1.165, 1.54) is 0 Å². The molecule has 1 amide bonds. The van der Waals surface area contributed by atoms with Crippen LogP contribution in [0.1, 0.15) is 20.3 Å². The lowest BCUT2D eigenvalue weighted by Gasteiger charge is -2.11. The molecule has 0 bridgehead atoms. The van der Waals surface area contributed by atoms with E-state index in [9.17, 15) is 4.79 Å². The summed E-state index contributed by atoms with van der Waals surface area (Å²) < 4.78 is 5.13. The highest BCUT2D eigenvalue weighted by Crippen LogP contribution is 1.96. The van der Waals surface area contributed by atoms with Gasteiger partial charge in [0.15, 0.2) is 0 Å². The molecule has 1 atom stereocenters. The number of hydrogen-bond donors (Lipinski definition) is 1. The van der Waals surface area contributed by atoms with Crippen LogP contribution in [-0.4, -0.2) is 25.7 Å². The Balaban J connectivity index is 3.68. The van der Waals surface area contributed by atoms with E-state index in [4.69, 9.17) is 4.74 Å². The first-order valence-electron chi connectivity index (χ1n) is 3.59. The largest absolute Gasteiger partial charge is 0.369 e. The molecule has 0 aromatic rings. The normalized spacial score (nSPS) is 12.7. The van der Waals surface area contributed by atoms with Gasteiger partial charge in [-0.1, -0.05) is 6.92 Å². The molecule has 0 fully saturated rings. The summed E-state index contributed by atoms with van der Waals surface area (Å²) in [5.74, 6) is -0.0376. The molecule has 0 spiro atoms. The Morgan fingerprint density at radius 1 is 1.60 bits per heavy atom. The van der Waals surface area contributed by atoms with Gasteiger partial charge in [-0.15, -0.1) is 0 Å². The molecule has 0 aromatic heterocycles. The van der Waals surface area contributed by atoms with Gasteiger partial charge in [0.1, 0.15) is 6.10 Å². The van der Waals surface area contributed by atoms with Gasteiger partial charge in [-0.3, -0.25) is 4.79 Å². The highest BCUT2D eigenvalue weighted by atomic mass is 16.5. The van der Waals surface area contributed by atoms with E-state index in [2.05, 4.69) is 5.32 Å². The van der Waals surface area contributed by atoms with Crippen molar-refractivity contribution in [3.05, 3.63) is 0 Å². The monoisotopic (exact) mass is 145 g/mol. The number of ether oxygens (including phenoxy) is 1. The van der Waals surface area contributed by atoms with Crippen LogP contribution in [-0.2, 0) is 9.53 Å². The van der Waals surface area contributed by atoms with Crippen LogP contribution in [0.4, 0.5) is 0 Å². The van der Waals surface area contributed by atoms with Crippen LogP contribution in [0, 0.1) is 0 Å². The fourth-order valence-corrected chi connectivity index (χ4v) is 0.741. The second-order valence-electron chi connectivity index (χ2n) is 1.97. The topological polar surface area (TPSA) is 38.3 Å². The zero-order valence-electron chi connectivity index (χ0n) is 6.81. The van der Waals surface area contributed by atoms with Gasteiger partial charge in [0, 0.05) is 13.7 Å². The minimum atomic E-state index is -0.269. The van der Waals surface area contributed by atoms with Crippen molar-refractivity contribution < 1.29 is 9.53 Å². The van der Waals surface area contributed by atoms with Crippen LogP contribution in [0.3, 0.4) is 0 Å². The molecule has 0 saturated heterocycles. The maximum Gasteiger partial charge on any atom is 0.248 e. The van der Waals surface area contributed by atoms with Crippen molar-refractivity contribution >= 4 is 5.91 Å². The predicted octanol–water partition coefficient (Wildman–Crippen LogP) is 0.547. The minimum Gasteiger partial charge on any atom is -0.369 e. The molecule has 1 unspecified atom stereocenters. The Morgan fingerprint density at radius 2 is 2.20 bits per heavy atom. The number of nitrogens with one attached hydrogen (secondary N) is 1. The van der Waals surface area contributed by atoms with Gasteiger partial charge in [-0.2, -0.15) is 0 Å². The number of likely N-dealkylation sites (N-methyl/N-ethyl adjacent to an activating group) is 1. The van der Waals surface area contributed by atoms with Crippen LogP contribution in [0.5, 0.6) is 0 Å². The lowest BCUT2D eigenvalue weighted by Crippen LogP contribution is -2.33. The van der Waals surface area contributed by atoms with Crippen molar-refractivity contribution in [2.75, 3.05) is 13.7 Å². The summed E-state index contributed by atoms with van der Waals surface area (Å²) in [6.45, 7) is 4.40. The molecule has 0 aliphatic heterocycles. The molecule has 0 aliphatic rings. The van der Waals surface area contributed by atoms with E-state index in [1.54, 1.807) is 7.05 Å². The van der Waals surface area contributed by atoms with Crippen molar-refractivity contribution in [3.63, 3.8) is 0 Å². The minimum absolute atomic E-state index is 0.0376. The van der Waals surface area contributed by atoms with Crippen LogP contribution in [0.2, 0.25) is 0 Å². The van der Waals surface area contributed by atoms with Crippen molar-refractivity contribution in [1.82, 2.24) is 5.32 Å². The lowest BCUT2D eigenvalue weighted by molar-refractivity contribution is -0.132. The highest BCUT2D eigenvalue weighted by Gasteiger charge is 2.13. The summed E-state index contributed by atoms with van der Waals surface area (Å²) in [5.41, 5.74) is 0. The molecule has 60 valence electrons. The van der Waals surface area contributed by atoms with Gasteiger partial charge in [0.2, 0.25) is 5.91 Å². The summed E-state index contributed by atoms with van der Waals surface area (Å²) in [5, 5.41) is 2.54. The van der Waals surface area contributed by atoms with Gasteiger partial charge in [-0.05, 0) is 13.3 Å². The van der Waals surface area contributed by atoms with Crippen LogP contribution in [0.15, 0.2) is 0 Å². The summed E-state index contributed by atoms with van der Waals surface area (Å²) in [6.07, 6.45) is 0.461. The predicted molar refractivity (Wildman–Crippen MR) is 39.8 cm³/mol. The number of rotatable bonds is 4. The van der Waals surface area contributed by atoms with E-state index in [0.717, 1.165) is 6.42 Å². The summed E-state index contributed by atoms with van der Waals surface area (Å²) in [7, 11) is 1.62. The van der Waals surface area contributed by atoms with Gasteiger partial charge in [0.25, 0.3) is 0 Å². The standard InChI is InChI=1S/C7H15NO2/c1-4-6(10-5-2)7(9)8-3/h6H,4-5H2,1-3H3,(H,8,9). The molecular weight excluding hydrogens is 130 g/mol. The van der Waals surface area contributed by atoms with E-state index < -0.39 is 0 Å². The summed E-state index contributed by atoms with van der Waals surface area (Å²) >= 11 is 0. The third kappa shape index (κ3) is 2.82. The Bertz CT molecular complexity index is 104. The number of carbonyl (C=O) groups excluding carboxylic acids is 1. The van der Waals surface area contributed by atoms with Gasteiger partial charge in [0.05, 0.1) is 0 Å². The van der Waals surface area contributed by atoms with E-state index in [1.807, 2.05) is 13.8 Å². The van der Waals surface area contributed by atoms with Crippen molar-refractivity contribution in [2.45, 2.75) is 26.4 Å². The maximum atomic E-state index is 10.9. The molecular formula is C7H15NO2. The Hall–Kier alpha value is -0.570. The quantitative estimate of drug-likeness (QED) is 0.627. The fourth-order valence-electron chi connectivity index (χ4n) is 0.741. The zero-order chi connectivity index (χ0) is 7.98. The van der Waals surface area contributed by atoms with Gasteiger partial charge in [-0.25, -0.2) is 0 Å². The van der Waals surface area contributed by atoms with E-state index in [-0.39, 0.29) is 12.0 Å². The molecule has 3 nitrogen and oxygen atoms in total. The van der Waals surface area contributed by atoms with Crippen molar-refractivity contribution in [3.8, 4) is 0 Å². The SMILES string of the molecule is CCOC(CC)C(=O)NC. The van der Waals surface area contributed by atoms with Gasteiger partial charge >= 0.3 is 0 Å². The van der Waals surface area contributed by atoms with Crippen molar-refractivity contribution in [2.24, 2.45) is 0 Å². The lowest BCUT2D eigenvalue weighted by atomic mass is 10.2. The molecule has 0 rings (SSSR count). The zero-order valence-corrected chi connectivity index (χ0v) is 6.81. The molecule has 0 saturated carbocycles. The van der Waals surface area contributed by atoms with Gasteiger partial charge < -0.3 is 10.1 Å². The molecule has 0 radical (unpaired) electrons. The Morgan fingerprint density at radius 3 is 2.50 bits per heavy atom. The molecule has 0 aromatic carbocycles. The second-order valence-corrected chi connectivity index (χ2v) is 1.97. The average Bonchev–Trinajstić information content (AvgIpc) is 1.99. The smallest absolute Gasteiger partial charge is 0.248 e. The third-order valence-corrected chi connectivity index (χ3v) is 1.28. The Labute approximate surface area is 61.8 Å².